The lowest BCUT2D eigenvalue weighted by atomic mass is 9.86. The van der Waals surface area contributed by atoms with Gasteiger partial charge in [0.25, 0.3) is 0 Å². The fourth-order valence-electron chi connectivity index (χ4n) is 15.5. The number of ether oxygens (including phenoxy) is 2. The molecule has 0 spiro atoms. The second-order valence-corrected chi connectivity index (χ2v) is 36.5. The average molecular weight is 2010 g/mol. The molecule has 3 aliphatic rings. The number of carbonyl (C=O) groups is 10. The molecule has 37 heteroatoms. The van der Waals surface area contributed by atoms with Gasteiger partial charge >= 0.3 is 18.0 Å². The highest BCUT2D eigenvalue weighted by atomic mass is 79.9. The van der Waals surface area contributed by atoms with Crippen LogP contribution in [0.3, 0.4) is 0 Å². The van der Waals surface area contributed by atoms with Crippen LogP contribution in [0.4, 0.5) is 22.4 Å². The minimum atomic E-state index is -1.23. The number of esters is 1. The van der Waals surface area contributed by atoms with Gasteiger partial charge in [-0.25, -0.2) is 62.8 Å². The molecule has 0 radical (unpaired) electrons. The quantitative estimate of drug-likeness (QED) is 0.0275. The Labute approximate surface area is 786 Å². The van der Waals surface area contributed by atoms with E-state index in [0.29, 0.717) is 81.3 Å². The number of hydrogen-bond acceptors (Lipinski definition) is 25. The predicted octanol–water partition coefficient (Wildman–Crippen LogP) is 16.8. The maximum absolute atomic E-state index is 14.5. The molecule has 7 atom stereocenters. The molecule has 30 nitrogen and oxygen atoms in total. The van der Waals surface area contributed by atoms with Crippen molar-refractivity contribution < 1.29 is 81.5 Å². The summed E-state index contributed by atoms with van der Waals surface area (Å²) in [6, 6.07) is 26.2. The van der Waals surface area contributed by atoms with E-state index in [4.69, 9.17) is 16.0 Å². The summed E-state index contributed by atoms with van der Waals surface area (Å²) in [6.45, 7) is 25.7. The molecule has 2 saturated heterocycles. The van der Waals surface area contributed by atoms with E-state index in [9.17, 15) is 65.5 Å². The minimum Gasteiger partial charge on any atom is -0.480 e. The largest absolute Gasteiger partial charge is 0.480 e. The Hall–Kier alpha value is -12.2. The molecular weight excluding hydrogens is 1900 g/mol. The van der Waals surface area contributed by atoms with Crippen LogP contribution in [0.1, 0.15) is 172 Å². The van der Waals surface area contributed by atoms with E-state index in [-0.39, 0.29) is 136 Å². The lowest BCUT2D eigenvalue weighted by molar-refractivity contribution is -0.155. The molecule has 1 unspecified atom stereocenters. The van der Waals surface area contributed by atoms with E-state index >= 15 is 0 Å². The molecule has 3 fully saturated rings. The van der Waals surface area contributed by atoms with E-state index in [1.54, 1.807) is 118 Å². The lowest BCUT2D eigenvalue weighted by Crippen LogP contribution is -2.44. The summed E-state index contributed by atoms with van der Waals surface area (Å²) < 4.78 is 73.7. The average Bonchev–Trinajstić information content (AvgIpc) is 1.63. The van der Waals surface area contributed by atoms with E-state index in [1.807, 2.05) is 97.9 Å². The van der Waals surface area contributed by atoms with Crippen LogP contribution in [0.2, 0.25) is 0 Å². The topological polar surface area (TPSA) is 394 Å². The van der Waals surface area contributed by atoms with Crippen LogP contribution < -0.4 is 5.32 Å². The fraction of sp³-hybridized carbons (Fsp3) is 0.389. The summed E-state index contributed by atoms with van der Waals surface area (Å²) in [5.41, 5.74) is 11.1. The number of likely N-dealkylation sites (tertiary alicyclic amines) is 1. The van der Waals surface area contributed by atoms with Crippen LogP contribution in [0.15, 0.2) is 142 Å². The predicted molar refractivity (Wildman–Crippen MR) is 497 cm³/mol. The number of nitrogens with one attached hydrogen (secondary N) is 1. The highest BCUT2D eigenvalue weighted by Gasteiger charge is 2.44. The van der Waals surface area contributed by atoms with Crippen molar-refractivity contribution in [2.45, 2.75) is 210 Å². The minimum absolute atomic E-state index is 0.00350. The number of alkyl halides is 4. The van der Waals surface area contributed by atoms with Gasteiger partial charge < -0.3 is 19.9 Å². The van der Waals surface area contributed by atoms with Gasteiger partial charge in [0.1, 0.15) is 103 Å². The number of ketones is 7. The fourth-order valence-corrected chi connectivity index (χ4v) is 16.7. The number of carboxylic acid groups (broad SMARTS) is 1. The number of aromatic nitrogens is 15. The molecule has 1 saturated carbocycles. The third-order valence-corrected chi connectivity index (χ3v) is 22.5. The first-order valence-corrected chi connectivity index (χ1v) is 44.4. The summed E-state index contributed by atoms with van der Waals surface area (Å²) in [7, 11) is -1.00. The van der Waals surface area contributed by atoms with Gasteiger partial charge in [-0.1, -0.05) is 18.2 Å². The second kappa shape index (κ2) is 44.8. The summed E-state index contributed by atoms with van der Waals surface area (Å²) in [4.78, 5) is 162. The van der Waals surface area contributed by atoms with Gasteiger partial charge in [-0.15, -0.1) is 0 Å². The molecule has 11 heterocycles. The molecule has 132 heavy (non-hydrogen) atoms. The zero-order valence-corrected chi connectivity index (χ0v) is 80.3. The van der Waals surface area contributed by atoms with Gasteiger partial charge in [0.2, 0.25) is 0 Å². The zero-order valence-electron chi connectivity index (χ0n) is 76.5. The molecule has 12 aromatic rings. The number of benzene rings is 3. The second-order valence-electron chi connectivity index (χ2n) is 34.1. The number of carbonyl (C=O) groups excluding carboxylic acids is 9. The Kier molecular flexibility index (Phi) is 34.1. The number of nitrogens with zero attached hydrogens (tertiary/aromatic N) is 16. The van der Waals surface area contributed by atoms with Crippen LogP contribution in [0.5, 0.6) is 0 Å². The number of hydrogen-bond donors (Lipinski definition) is 2. The Morgan fingerprint density at radius 2 is 0.818 bits per heavy atom. The smallest absolute Gasteiger partial charge is 0.411 e. The molecule has 0 bridgehead atoms. The number of amides is 1. The van der Waals surface area contributed by atoms with E-state index in [2.05, 4.69) is 113 Å². The molecule has 1 amide bonds. The number of pyridine rings is 3. The van der Waals surface area contributed by atoms with E-state index in [1.165, 1.54) is 35.0 Å². The number of halogens is 7. The standard InChI is InChI=1S/C29H27BrFN5O3.C21H24N4O3.C17H16N4O3.C16H20BrFN2O3.C11H12BrFN2O.CH3F/c1-15-7-18(19-12-32-17(3)33-13-19)8-24-28(16(2)37)35-36(29(15)24)14-26(39)23-10-20(31)9-22(23)25(38)11-21-5-4-6-27(30)34-21;1-12-7-15(16-9-22-14(3)23-10-16)8-17-19(13(2)26)24-25(20(12)17)11-18(27)28-21(4,5)6;1-9-4-12(13-6-18-11(3)19-7-13)5-14-16(10(2)22)20-21(17(9)14)8-15(23)24;1-16(2,3)23-15(22)20-9-10(18)7-12(20)13(21)8-11-5-4-6-14(17)19-11;12-11-3-1-2-8(15-11)5-10(16)9-4-7(13)6-14-9;1-2/h4-8,12-13,20,22-23H,9-11,14H2,1-3H3;7-10H,11H2,1-6H3;4-7H,8H2,1-3H3,(H,23,24);4-6,10,12H,7-9H2,1-3H3;1-3,7,9,14H,4-6H2;1H3/t20-,22-,23?;;;10-,12+;7-,9+;/m1..11./s1/i;;;;;1D. The summed E-state index contributed by atoms with van der Waals surface area (Å²) >= 11 is 9.79. The molecule has 9 aromatic heterocycles. The first-order valence-electron chi connectivity index (χ1n) is 42.8. The normalized spacial score (nSPS) is 16.9. The number of fused-ring (bicyclic) bond motifs is 3. The third-order valence-electron chi connectivity index (χ3n) is 21.2. The van der Waals surface area contributed by atoms with Crippen molar-refractivity contribution >= 4 is 139 Å². The number of rotatable bonds is 22. The lowest BCUT2D eigenvalue weighted by Gasteiger charge is -2.27. The van der Waals surface area contributed by atoms with Gasteiger partial charge in [-0.05, 0) is 250 Å². The van der Waals surface area contributed by atoms with Gasteiger partial charge in [0, 0.05) is 146 Å². The summed E-state index contributed by atoms with van der Waals surface area (Å²) in [5, 5.41) is 27.0. The third kappa shape index (κ3) is 27.3. The highest BCUT2D eigenvalue weighted by molar-refractivity contribution is 9.11. The number of aliphatic carboxylic acids is 1. The van der Waals surface area contributed by atoms with Crippen molar-refractivity contribution in [3.63, 3.8) is 0 Å². The number of carboxylic acids is 1. The van der Waals surface area contributed by atoms with E-state index in [0.717, 1.165) is 55.6 Å². The van der Waals surface area contributed by atoms with Crippen molar-refractivity contribution in [3.05, 3.63) is 210 Å². The van der Waals surface area contributed by atoms with Crippen LogP contribution >= 0.6 is 47.8 Å². The van der Waals surface area contributed by atoms with Gasteiger partial charge in [-0.2, -0.15) is 15.3 Å². The monoisotopic (exact) mass is 2000 g/mol. The van der Waals surface area contributed by atoms with Crippen molar-refractivity contribution in [1.29, 1.82) is 0 Å². The molecule has 3 aromatic carbocycles. The first-order chi connectivity index (χ1) is 62.7. The van der Waals surface area contributed by atoms with E-state index < -0.39 is 72.8 Å². The van der Waals surface area contributed by atoms with Crippen molar-refractivity contribution in [2.75, 3.05) is 20.2 Å². The van der Waals surface area contributed by atoms with Crippen LogP contribution in [0, 0.1) is 53.4 Å². The maximum atomic E-state index is 14.5. The summed E-state index contributed by atoms with van der Waals surface area (Å²) in [6.07, 6.45) is 7.03. The Bertz CT molecular complexity index is 6330. The van der Waals surface area contributed by atoms with Gasteiger partial charge in [0.05, 0.1) is 56.5 Å². The van der Waals surface area contributed by atoms with Crippen molar-refractivity contribution in [2.24, 2.45) is 11.8 Å². The van der Waals surface area contributed by atoms with Gasteiger partial charge in [-0.3, -0.25) is 66.5 Å². The Morgan fingerprint density at radius 1 is 0.462 bits per heavy atom. The van der Waals surface area contributed by atoms with Gasteiger partial charge in [0.15, 0.2) is 34.7 Å². The van der Waals surface area contributed by atoms with Crippen LogP contribution in [-0.4, -0.2) is 205 Å². The Balaban J connectivity index is 0.000000176. The van der Waals surface area contributed by atoms with Crippen molar-refractivity contribution in [1.82, 2.24) is 84.4 Å². The SMILES string of the molecule is CC(=O)c1nn(CC(=O)C2C[C@H](F)C[C@H]2C(=O)Cc2cccc(Br)n2)c2c(C)cc(-c3cnc(C)nc3)cc12.CC(=O)c1nn(CC(=O)O)c2c(C)cc(-c3cnc(C)nc3)cc12.CC(=O)c1nn(CC(=O)OC(C)(C)C)c2c(C)cc(-c3cnc(C)nc3)cc12.CC(C)(C)OC(=O)N1C[C@H](F)C[C@H]1C(=O)Cc1cccc(Br)n1.O=C(Cc1cccc(Br)n1)[C@@H]1C[C@@H](F)CN1.[2H]CF. The molecule has 2 aliphatic heterocycles. The molecule has 2 N–H and O–H groups in total. The zero-order chi connectivity index (χ0) is 97.4. The first kappa shape index (κ1) is 100. The van der Waals surface area contributed by atoms with Crippen LogP contribution in [-0.2, 0) is 77.1 Å². The summed E-state index contributed by atoms with van der Waals surface area (Å²) in [5.74, 6) is -2.18. The van der Waals surface area contributed by atoms with Crippen LogP contribution in [0.25, 0.3) is 66.1 Å². The molecule has 694 valence electrons. The highest BCUT2D eigenvalue weighted by Crippen LogP contribution is 2.39. The number of aryl methyl sites for hydroxylation is 6. The Morgan fingerprint density at radius 3 is 1.17 bits per heavy atom. The molecular formula is C95H102Br3F4N17O13. The van der Waals surface area contributed by atoms with Crippen molar-refractivity contribution in [3.8, 4) is 33.4 Å². The molecule has 15 rings (SSSR count). The number of Topliss-reactive ketones (excluding diaryl/α,β-unsaturated/α-hetero) is 7. The maximum Gasteiger partial charge on any atom is 0.411 e. The molecule has 1 aliphatic carbocycles.